The molecule has 1 heterocycles. The van der Waals surface area contributed by atoms with Crippen molar-refractivity contribution in [3.63, 3.8) is 0 Å². The van der Waals surface area contributed by atoms with E-state index in [1.54, 1.807) is 10.9 Å². The van der Waals surface area contributed by atoms with E-state index in [1.807, 2.05) is 13.1 Å². The van der Waals surface area contributed by atoms with Gasteiger partial charge in [-0.05, 0) is 31.2 Å². The number of benzene rings is 1. The predicted octanol–water partition coefficient (Wildman–Crippen LogP) is 1.97. The van der Waals surface area contributed by atoms with Gasteiger partial charge in [-0.25, -0.2) is 4.39 Å². The molecule has 0 unspecified atom stereocenters. The normalized spacial score (nSPS) is 10.3. The topological polar surface area (TPSA) is 46.9 Å². The molecule has 1 N–H and O–H groups in total. The molecule has 2 rings (SSSR count). The molecular weight excluding hydrogens is 233 g/mol. The van der Waals surface area contributed by atoms with Crippen LogP contribution in [0.5, 0.6) is 0 Å². The lowest BCUT2D eigenvalue weighted by Gasteiger charge is -2.03. The summed E-state index contributed by atoms with van der Waals surface area (Å²) < 4.78 is 14.5. The molecule has 0 atom stereocenters. The van der Waals surface area contributed by atoms with Crippen molar-refractivity contribution in [3.05, 3.63) is 53.6 Å². The molecule has 0 saturated heterocycles. The van der Waals surface area contributed by atoms with Crippen LogP contribution in [0, 0.1) is 5.82 Å². The second kappa shape index (κ2) is 5.44. The Morgan fingerprint density at radius 1 is 1.39 bits per heavy atom. The second-order valence-electron chi connectivity index (χ2n) is 3.89. The molecule has 94 valence electrons. The second-order valence-corrected chi connectivity index (χ2v) is 3.89. The zero-order valence-electron chi connectivity index (χ0n) is 10.1. The van der Waals surface area contributed by atoms with Crippen molar-refractivity contribution in [3.8, 4) is 0 Å². The van der Waals surface area contributed by atoms with Gasteiger partial charge in [0.1, 0.15) is 5.82 Å². The molecule has 2 aromatic rings. The highest BCUT2D eigenvalue weighted by atomic mass is 19.1. The van der Waals surface area contributed by atoms with Crippen molar-refractivity contribution in [2.75, 3.05) is 0 Å². The minimum atomic E-state index is -0.351. The molecule has 5 heteroatoms. The number of hydrogen-bond donors (Lipinski definition) is 1. The number of hydrogen-bond acceptors (Lipinski definition) is 2. The Morgan fingerprint density at radius 3 is 2.72 bits per heavy atom. The van der Waals surface area contributed by atoms with E-state index in [9.17, 15) is 9.18 Å². The van der Waals surface area contributed by atoms with Gasteiger partial charge in [-0.15, -0.1) is 0 Å². The summed E-state index contributed by atoms with van der Waals surface area (Å²) in [4.78, 5) is 11.7. The highest BCUT2D eigenvalue weighted by Gasteiger charge is 2.05. The third kappa shape index (κ3) is 2.94. The molecule has 0 bridgehead atoms. The largest absolute Gasteiger partial charge is 0.348 e. The number of nitrogens with zero attached hydrogens (tertiary/aromatic N) is 2. The van der Waals surface area contributed by atoms with Gasteiger partial charge in [-0.2, -0.15) is 5.10 Å². The van der Waals surface area contributed by atoms with E-state index in [4.69, 9.17) is 0 Å². The van der Waals surface area contributed by atoms with Gasteiger partial charge in [-0.1, -0.05) is 0 Å². The third-order valence-corrected chi connectivity index (χ3v) is 2.57. The Morgan fingerprint density at radius 2 is 2.11 bits per heavy atom. The van der Waals surface area contributed by atoms with Gasteiger partial charge in [-0.3, -0.25) is 9.48 Å². The summed E-state index contributed by atoms with van der Waals surface area (Å²) >= 11 is 0. The smallest absolute Gasteiger partial charge is 0.251 e. The number of carbonyl (C=O) groups is 1. The van der Waals surface area contributed by atoms with Crippen LogP contribution in [-0.4, -0.2) is 15.7 Å². The molecule has 18 heavy (non-hydrogen) atoms. The van der Waals surface area contributed by atoms with E-state index < -0.39 is 0 Å². The molecule has 0 radical (unpaired) electrons. The van der Waals surface area contributed by atoms with Crippen LogP contribution >= 0.6 is 0 Å². The Balaban J connectivity index is 1.93. The van der Waals surface area contributed by atoms with Crippen LogP contribution in [0.4, 0.5) is 4.39 Å². The highest BCUT2D eigenvalue weighted by molar-refractivity contribution is 5.94. The first kappa shape index (κ1) is 12.3. The average Bonchev–Trinajstić information content (AvgIpc) is 2.85. The number of amides is 1. The molecule has 0 aliphatic rings. The van der Waals surface area contributed by atoms with Gasteiger partial charge in [0.25, 0.3) is 5.91 Å². The zero-order valence-corrected chi connectivity index (χ0v) is 10.1. The fraction of sp³-hybridized carbons (Fsp3) is 0.231. The molecule has 0 aliphatic heterocycles. The Labute approximate surface area is 104 Å². The maximum Gasteiger partial charge on any atom is 0.251 e. The van der Waals surface area contributed by atoms with Gasteiger partial charge >= 0.3 is 0 Å². The summed E-state index contributed by atoms with van der Waals surface area (Å²) in [5.41, 5.74) is 1.38. The Hall–Kier alpha value is -2.17. The average molecular weight is 247 g/mol. The Bertz CT molecular complexity index is 533. The number of aryl methyl sites for hydroxylation is 1. The molecule has 0 spiro atoms. The summed E-state index contributed by atoms with van der Waals surface area (Å²) in [5, 5.41) is 6.87. The van der Waals surface area contributed by atoms with Crippen LogP contribution in [0.1, 0.15) is 22.8 Å². The maximum absolute atomic E-state index is 12.7. The van der Waals surface area contributed by atoms with Crippen molar-refractivity contribution < 1.29 is 9.18 Å². The third-order valence-electron chi connectivity index (χ3n) is 2.57. The highest BCUT2D eigenvalue weighted by Crippen LogP contribution is 2.03. The molecule has 0 fully saturated rings. The minimum absolute atomic E-state index is 0.223. The molecular formula is C13H14FN3O. The zero-order chi connectivity index (χ0) is 13.0. The maximum atomic E-state index is 12.7. The first-order valence-electron chi connectivity index (χ1n) is 5.74. The van der Waals surface area contributed by atoms with Crippen molar-refractivity contribution in [2.45, 2.75) is 20.0 Å². The van der Waals surface area contributed by atoms with E-state index in [-0.39, 0.29) is 11.7 Å². The van der Waals surface area contributed by atoms with Crippen LogP contribution in [0.2, 0.25) is 0 Å². The lowest BCUT2D eigenvalue weighted by Crippen LogP contribution is -2.22. The van der Waals surface area contributed by atoms with Gasteiger partial charge in [0.15, 0.2) is 0 Å². The summed E-state index contributed by atoms with van der Waals surface area (Å²) in [5.74, 6) is -0.574. The van der Waals surface area contributed by atoms with E-state index >= 15 is 0 Å². The molecule has 1 aromatic carbocycles. The summed E-state index contributed by atoms with van der Waals surface area (Å²) in [6, 6.07) is 5.45. The summed E-state index contributed by atoms with van der Waals surface area (Å²) in [6.07, 6.45) is 3.60. The predicted molar refractivity (Wildman–Crippen MR) is 65.5 cm³/mol. The van der Waals surface area contributed by atoms with Crippen LogP contribution in [0.15, 0.2) is 36.7 Å². The van der Waals surface area contributed by atoms with Crippen LogP contribution in [0.3, 0.4) is 0 Å². The van der Waals surface area contributed by atoms with Gasteiger partial charge in [0.05, 0.1) is 6.20 Å². The van der Waals surface area contributed by atoms with Crippen LogP contribution in [-0.2, 0) is 13.1 Å². The molecule has 4 nitrogen and oxygen atoms in total. The van der Waals surface area contributed by atoms with Crippen molar-refractivity contribution in [2.24, 2.45) is 0 Å². The monoisotopic (exact) mass is 247 g/mol. The van der Waals surface area contributed by atoms with E-state index in [0.29, 0.717) is 12.1 Å². The van der Waals surface area contributed by atoms with E-state index in [1.165, 1.54) is 24.3 Å². The van der Waals surface area contributed by atoms with Crippen molar-refractivity contribution >= 4 is 5.91 Å². The number of nitrogens with one attached hydrogen (secondary N) is 1. The molecule has 1 amide bonds. The fourth-order valence-corrected chi connectivity index (χ4v) is 1.56. The first-order chi connectivity index (χ1) is 8.69. The molecule has 1 aromatic heterocycles. The SMILES string of the molecule is CCn1cc(CNC(=O)c2ccc(F)cc2)cn1. The van der Waals surface area contributed by atoms with Crippen LogP contribution < -0.4 is 5.32 Å². The fourth-order valence-electron chi connectivity index (χ4n) is 1.56. The van der Waals surface area contributed by atoms with Crippen molar-refractivity contribution in [1.82, 2.24) is 15.1 Å². The Kier molecular flexibility index (Phi) is 3.72. The lowest BCUT2D eigenvalue weighted by molar-refractivity contribution is 0.0951. The number of aromatic nitrogens is 2. The number of halogens is 1. The quantitative estimate of drug-likeness (QED) is 0.897. The molecule has 0 saturated carbocycles. The van der Waals surface area contributed by atoms with Gasteiger partial charge < -0.3 is 5.32 Å². The minimum Gasteiger partial charge on any atom is -0.348 e. The standard InChI is InChI=1S/C13H14FN3O/c1-2-17-9-10(8-16-17)7-15-13(18)11-3-5-12(14)6-4-11/h3-6,8-9H,2,7H2,1H3,(H,15,18). The van der Waals surface area contributed by atoms with Crippen LogP contribution in [0.25, 0.3) is 0 Å². The van der Waals surface area contributed by atoms with Gasteiger partial charge in [0, 0.05) is 30.4 Å². The summed E-state index contributed by atoms with van der Waals surface area (Å²) in [7, 11) is 0. The summed E-state index contributed by atoms with van der Waals surface area (Å²) in [6.45, 7) is 3.20. The molecule has 0 aliphatic carbocycles. The first-order valence-corrected chi connectivity index (χ1v) is 5.74. The van der Waals surface area contributed by atoms with Crippen molar-refractivity contribution in [1.29, 1.82) is 0 Å². The van der Waals surface area contributed by atoms with E-state index in [2.05, 4.69) is 10.4 Å². The number of carbonyl (C=O) groups excluding carboxylic acids is 1. The van der Waals surface area contributed by atoms with E-state index in [0.717, 1.165) is 12.1 Å². The number of rotatable bonds is 4. The lowest BCUT2D eigenvalue weighted by atomic mass is 10.2. The van der Waals surface area contributed by atoms with Gasteiger partial charge in [0.2, 0.25) is 0 Å².